The zero-order valence-electron chi connectivity index (χ0n) is 10.2. The van der Waals surface area contributed by atoms with Gasteiger partial charge in [0.25, 0.3) is 0 Å². The van der Waals surface area contributed by atoms with Crippen LogP contribution in [0.4, 0.5) is 0 Å². The topological polar surface area (TPSA) is 32.3 Å². The molecule has 3 atom stereocenters. The Morgan fingerprint density at radius 2 is 2.31 bits per heavy atom. The fourth-order valence-electron chi connectivity index (χ4n) is 2.54. The number of thioether (sulfide) groups is 1. The third kappa shape index (κ3) is 2.54. The summed E-state index contributed by atoms with van der Waals surface area (Å²) in [4.78, 5) is 14.4. The predicted molar refractivity (Wildman–Crippen MR) is 68.6 cm³/mol. The van der Waals surface area contributed by atoms with Crippen molar-refractivity contribution in [3.8, 4) is 0 Å². The SMILES string of the molecule is CCC1CN(C(=O)C2CNCC2C)CCS1. The molecule has 0 aromatic rings. The normalized spacial score (nSPS) is 35.4. The van der Waals surface area contributed by atoms with Crippen molar-refractivity contribution >= 4 is 17.7 Å². The third-order valence-electron chi connectivity index (χ3n) is 3.74. The van der Waals surface area contributed by atoms with E-state index in [4.69, 9.17) is 0 Å². The van der Waals surface area contributed by atoms with E-state index in [9.17, 15) is 4.79 Å². The Kier molecular flexibility index (Phi) is 4.14. The molecule has 1 N–H and O–H groups in total. The molecule has 16 heavy (non-hydrogen) atoms. The Balaban J connectivity index is 1.93. The minimum atomic E-state index is 0.223. The summed E-state index contributed by atoms with van der Waals surface area (Å²) in [6.07, 6.45) is 1.17. The highest BCUT2D eigenvalue weighted by Crippen LogP contribution is 2.25. The number of rotatable bonds is 2. The second-order valence-electron chi connectivity index (χ2n) is 4.93. The van der Waals surface area contributed by atoms with Gasteiger partial charge in [0.15, 0.2) is 0 Å². The van der Waals surface area contributed by atoms with Crippen molar-refractivity contribution in [2.45, 2.75) is 25.5 Å². The van der Waals surface area contributed by atoms with Gasteiger partial charge in [0.2, 0.25) is 5.91 Å². The first kappa shape index (κ1) is 12.2. The Labute approximate surface area is 102 Å². The number of carbonyl (C=O) groups excluding carboxylic acids is 1. The minimum Gasteiger partial charge on any atom is -0.340 e. The number of carbonyl (C=O) groups is 1. The summed E-state index contributed by atoms with van der Waals surface area (Å²) in [5, 5.41) is 3.97. The zero-order chi connectivity index (χ0) is 11.5. The van der Waals surface area contributed by atoms with Crippen molar-refractivity contribution in [1.29, 1.82) is 0 Å². The molecule has 2 fully saturated rings. The summed E-state index contributed by atoms with van der Waals surface area (Å²) < 4.78 is 0. The molecule has 0 aromatic carbocycles. The molecule has 2 rings (SSSR count). The lowest BCUT2D eigenvalue weighted by molar-refractivity contribution is -0.135. The first-order chi connectivity index (χ1) is 7.72. The van der Waals surface area contributed by atoms with Crippen molar-refractivity contribution in [3.63, 3.8) is 0 Å². The molecule has 1 amide bonds. The fourth-order valence-corrected chi connectivity index (χ4v) is 3.72. The van der Waals surface area contributed by atoms with Crippen LogP contribution in [-0.4, -0.2) is 48.0 Å². The van der Waals surface area contributed by atoms with Gasteiger partial charge in [-0.1, -0.05) is 13.8 Å². The van der Waals surface area contributed by atoms with Crippen LogP contribution in [0.2, 0.25) is 0 Å². The first-order valence-corrected chi connectivity index (χ1v) is 7.38. The maximum absolute atomic E-state index is 12.3. The molecule has 3 unspecified atom stereocenters. The average Bonchev–Trinajstić information content (AvgIpc) is 2.74. The second-order valence-corrected chi connectivity index (χ2v) is 6.34. The summed E-state index contributed by atoms with van der Waals surface area (Å²) in [5.74, 6) is 2.22. The summed E-state index contributed by atoms with van der Waals surface area (Å²) in [6, 6.07) is 0. The van der Waals surface area contributed by atoms with E-state index in [-0.39, 0.29) is 5.92 Å². The van der Waals surface area contributed by atoms with Gasteiger partial charge in [0, 0.05) is 30.6 Å². The van der Waals surface area contributed by atoms with Crippen LogP contribution in [0.3, 0.4) is 0 Å². The zero-order valence-corrected chi connectivity index (χ0v) is 11.1. The highest BCUT2D eigenvalue weighted by atomic mass is 32.2. The Morgan fingerprint density at radius 1 is 1.50 bits per heavy atom. The molecule has 0 saturated carbocycles. The lowest BCUT2D eigenvalue weighted by Crippen LogP contribution is -2.46. The van der Waals surface area contributed by atoms with Gasteiger partial charge in [-0.2, -0.15) is 11.8 Å². The van der Waals surface area contributed by atoms with Gasteiger partial charge in [-0.05, 0) is 18.9 Å². The highest BCUT2D eigenvalue weighted by Gasteiger charge is 2.34. The van der Waals surface area contributed by atoms with Crippen LogP contribution in [0.25, 0.3) is 0 Å². The van der Waals surface area contributed by atoms with E-state index < -0.39 is 0 Å². The maximum atomic E-state index is 12.3. The smallest absolute Gasteiger partial charge is 0.227 e. The quantitative estimate of drug-likeness (QED) is 0.789. The number of nitrogens with one attached hydrogen (secondary N) is 1. The Bertz CT molecular complexity index is 259. The molecule has 2 aliphatic heterocycles. The molecule has 92 valence electrons. The van der Waals surface area contributed by atoms with Gasteiger partial charge >= 0.3 is 0 Å². The van der Waals surface area contributed by atoms with E-state index in [2.05, 4.69) is 24.1 Å². The van der Waals surface area contributed by atoms with Crippen molar-refractivity contribution in [3.05, 3.63) is 0 Å². The molecule has 0 bridgehead atoms. The second kappa shape index (κ2) is 5.41. The molecular formula is C12H22N2OS. The average molecular weight is 242 g/mol. The largest absolute Gasteiger partial charge is 0.340 e. The van der Waals surface area contributed by atoms with Crippen LogP contribution >= 0.6 is 11.8 Å². The number of hydrogen-bond acceptors (Lipinski definition) is 3. The number of nitrogens with zero attached hydrogens (tertiary/aromatic N) is 1. The summed E-state index contributed by atoms with van der Waals surface area (Å²) in [6.45, 7) is 8.17. The van der Waals surface area contributed by atoms with Gasteiger partial charge in [0.1, 0.15) is 0 Å². The molecule has 0 radical (unpaired) electrons. The van der Waals surface area contributed by atoms with E-state index >= 15 is 0 Å². The molecule has 2 saturated heterocycles. The maximum Gasteiger partial charge on any atom is 0.227 e. The monoisotopic (exact) mass is 242 g/mol. The van der Waals surface area contributed by atoms with Crippen LogP contribution < -0.4 is 5.32 Å². The fraction of sp³-hybridized carbons (Fsp3) is 0.917. The van der Waals surface area contributed by atoms with Gasteiger partial charge in [-0.15, -0.1) is 0 Å². The molecule has 0 aliphatic carbocycles. The van der Waals surface area contributed by atoms with Crippen LogP contribution in [0.1, 0.15) is 20.3 Å². The van der Waals surface area contributed by atoms with E-state index in [1.54, 1.807) is 0 Å². The summed E-state index contributed by atoms with van der Waals surface area (Å²) >= 11 is 2.02. The van der Waals surface area contributed by atoms with E-state index in [0.29, 0.717) is 17.1 Å². The molecule has 4 heteroatoms. The van der Waals surface area contributed by atoms with Crippen LogP contribution in [-0.2, 0) is 4.79 Å². The van der Waals surface area contributed by atoms with Gasteiger partial charge in [0.05, 0.1) is 5.92 Å². The van der Waals surface area contributed by atoms with E-state index in [1.165, 1.54) is 6.42 Å². The van der Waals surface area contributed by atoms with Gasteiger partial charge in [-0.3, -0.25) is 4.79 Å². The van der Waals surface area contributed by atoms with Crippen molar-refractivity contribution in [1.82, 2.24) is 10.2 Å². The first-order valence-electron chi connectivity index (χ1n) is 6.33. The van der Waals surface area contributed by atoms with Crippen LogP contribution in [0.5, 0.6) is 0 Å². The molecular weight excluding hydrogens is 220 g/mol. The van der Waals surface area contributed by atoms with Gasteiger partial charge < -0.3 is 10.2 Å². The minimum absolute atomic E-state index is 0.223. The number of amides is 1. The predicted octanol–water partition coefficient (Wildman–Crippen LogP) is 1.20. The molecule has 0 spiro atoms. The van der Waals surface area contributed by atoms with Crippen molar-refractivity contribution < 1.29 is 4.79 Å². The van der Waals surface area contributed by atoms with Gasteiger partial charge in [-0.25, -0.2) is 0 Å². The molecule has 2 aliphatic rings. The lowest BCUT2D eigenvalue weighted by Gasteiger charge is -2.34. The lowest BCUT2D eigenvalue weighted by atomic mass is 9.96. The van der Waals surface area contributed by atoms with Crippen LogP contribution in [0, 0.1) is 11.8 Å². The standard InChI is InChI=1S/C12H22N2OS/c1-3-10-8-14(4-5-16-10)12(15)11-7-13-6-9(11)2/h9-11,13H,3-8H2,1-2H3. The summed E-state index contributed by atoms with van der Waals surface area (Å²) in [5.41, 5.74) is 0. The van der Waals surface area contributed by atoms with E-state index in [0.717, 1.165) is 31.9 Å². The highest BCUT2D eigenvalue weighted by molar-refractivity contribution is 8.00. The molecule has 3 nitrogen and oxygen atoms in total. The van der Waals surface area contributed by atoms with Crippen molar-refractivity contribution in [2.75, 3.05) is 31.9 Å². The van der Waals surface area contributed by atoms with Crippen molar-refractivity contribution in [2.24, 2.45) is 11.8 Å². The third-order valence-corrected chi connectivity index (χ3v) is 5.11. The van der Waals surface area contributed by atoms with Crippen LogP contribution in [0.15, 0.2) is 0 Å². The number of hydrogen-bond donors (Lipinski definition) is 1. The molecule has 0 aromatic heterocycles. The Hall–Kier alpha value is -0.220. The summed E-state index contributed by atoms with van der Waals surface area (Å²) in [7, 11) is 0. The molecule has 2 heterocycles. The Morgan fingerprint density at radius 3 is 2.94 bits per heavy atom. The van der Waals surface area contributed by atoms with E-state index in [1.807, 2.05) is 11.8 Å².